The van der Waals surface area contributed by atoms with Gasteiger partial charge in [-0.15, -0.1) is 0 Å². The van der Waals surface area contributed by atoms with Gasteiger partial charge < -0.3 is 4.90 Å². The molecular weight excluding hydrogens is 362 g/mol. The van der Waals surface area contributed by atoms with Gasteiger partial charge in [-0.3, -0.25) is 9.59 Å². The summed E-state index contributed by atoms with van der Waals surface area (Å²) >= 11 is 5.99. The summed E-state index contributed by atoms with van der Waals surface area (Å²) < 4.78 is 1.19. The maximum atomic E-state index is 12.6. The van der Waals surface area contributed by atoms with Crippen molar-refractivity contribution in [2.45, 2.75) is 20.4 Å². The lowest BCUT2D eigenvalue weighted by Gasteiger charge is -2.18. The molecule has 0 aliphatic heterocycles. The molecule has 0 N–H and O–H groups in total. The van der Waals surface area contributed by atoms with E-state index in [1.807, 2.05) is 32.0 Å². The van der Waals surface area contributed by atoms with E-state index < -0.39 is 0 Å². The first-order valence-corrected chi connectivity index (χ1v) is 8.91. The van der Waals surface area contributed by atoms with Crippen molar-refractivity contribution >= 4 is 23.2 Å². The molecule has 1 aromatic heterocycles. The molecule has 0 bridgehead atoms. The van der Waals surface area contributed by atoms with Crippen LogP contribution in [0.25, 0.3) is 11.3 Å². The molecule has 0 spiro atoms. The highest BCUT2D eigenvalue weighted by molar-refractivity contribution is 6.30. The van der Waals surface area contributed by atoms with Gasteiger partial charge in [-0.2, -0.15) is 5.10 Å². The van der Waals surface area contributed by atoms with Crippen LogP contribution in [-0.4, -0.2) is 22.7 Å². The van der Waals surface area contributed by atoms with Gasteiger partial charge in [0.15, 0.2) is 0 Å². The smallest absolute Gasteiger partial charge is 0.267 e. The predicted octanol–water partition coefficient (Wildman–Crippen LogP) is 3.84. The minimum atomic E-state index is -0.324. The van der Waals surface area contributed by atoms with Crippen LogP contribution in [0.3, 0.4) is 0 Å². The Balaban J connectivity index is 1.87. The highest BCUT2D eigenvalue weighted by Gasteiger charge is 2.14. The number of amides is 1. The van der Waals surface area contributed by atoms with E-state index in [-0.39, 0.29) is 18.0 Å². The average Bonchev–Trinajstić information content (AvgIpc) is 2.65. The second-order valence-electron chi connectivity index (χ2n) is 6.45. The van der Waals surface area contributed by atoms with Crippen LogP contribution in [0.15, 0.2) is 59.4 Å². The van der Waals surface area contributed by atoms with Crippen LogP contribution < -0.4 is 10.5 Å². The first-order valence-electron chi connectivity index (χ1n) is 8.53. The third kappa shape index (κ3) is 4.26. The molecule has 0 aliphatic carbocycles. The molecule has 0 fully saturated rings. The third-order valence-electron chi connectivity index (χ3n) is 4.52. The Labute approximate surface area is 162 Å². The van der Waals surface area contributed by atoms with Crippen LogP contribution in [0.4, 0.5) is 5.69 Å². The molecule has 3 rings (SSSR count). The lowest BCUT2D eigenvalue weighted by atomic mass is 10.0. The zero-order valence-corrected chi connectivity index (χ0v) is 16.2. The van der Waals surface area contributed by atoms with Crippen LogP contribution in [0.2, 0.25) is 5.02 Å². The standard InChI is InChI=1S/C21H20ClN3O2/c1-14-7-8-16(11-15(14)2)19-9-10-20(26)25(23-19)13-21(27)24(3)18-6-4-5-17(22)12-18/h4-12H,13H2,1-3H3. The summed E-state index contributed by atoms with van der Waals surface area (Å²) in [5, 5.41) is 4.92. The molecule has 0 radical (unpaired) electrons. The van der Waals surface area contributed by atoms with Crippen molar-refractivity contribution in [1.82, 2.24) is 9.78 Å². The number of anilines is 1. The Kier molecular flexibility index (Phi) is 5.42. The molecule has 0 atom stereocenters. The lowest BCUT2D eigenvalue weighted by molar-refractivity contribution is -0.119. The quantitative estimate of drug-likeness (QED) is 0.689. The Morgan fingerprint density at radius 2 is 1.85 bits per heavy atom. The lowest BCUT2D eigenvalue weighted by Crippen LogP contribution is -2.35. The Morgan fingerprint density at radius 1 is 1.07 bits per heavy atom. The van der Waals surface area contributed by atoms with Crippen LogP contribution in [0.1, 0.15) is 11.1 Å². The number of carbonyl (C=O) groups excluding carboxylic acids is 1. The van der Waals surface area contributed by atoms with Crippen molar-refractivity contribution in [2.24, 2.45) is 0 Å². The number of aromatic nitrogens is 2. The van der Waals surface area contributed by atoms with Gasteiger partial charge in [-0.25, -0.2) is 4.68 Å². The Morgan fingerprint density at radius 3 is 2.56 bits per heavy atom. The van der Waals surface area contributed by atoms with Crippen molar-refractivity contribution in [3.8, 4) is 11.3 Å². The maximum Gasteiger partial charge on any atom is 0.267 e. The van der Waals surface area contributed by atoms with Crippen molar-refractivity contribution in [3.63, 3.8) is 0 Å². The van der Waals surface area contributed by atoms with Crippen molar-refractivity contribution < 1.29 is 4.79 Å². The summed E-state index contributed by atoms with van der Waals surface area (Å²) in [7, 11) is 1.65. The fraction of sp³-hybridized carbons (Fsp3) is 0.190. The molecule has 0 saturated carbocycles. The maximum absolute atomic E-state index is 12.6. The molecule has 0 unspecified atom stereocenters. The zero-order chi connectivity index (χ0) is 19.6. The number of benzene rings is 2. The van der Waals surface area contributed by atoms with E-state index in [0.717, 1.165) is 11.1 Å². The third-order valence-corrected chi connectivity index (χ3v) is 4.76. The number of halogens is 1. The van der Waals surface area contributed by atoms with Gasteiger partial charge in [-0.05, 0) is 55.3 Å². The topological polar surface area (TPSA) is 55.2 Å². The molecule has 1 amide bonds. The summed E-state index contributed by atoms with van der Waals surface area (Å²) in [5.74, 6) is -0.260. The van der Waals surface area contributed by atoms with E-state index >= 15 is 0 Å². The number of hydrogen-bond acceptors (Lipinski definition) is 3. The van der Waals surface area contributed by atoms with E-state index in [2.05, 4.69) is 5.10 Å². The number of hydrogen-bond donors (Lipinski definition) is 0. The highest BCUT2D eigenvalue weighted by Crippen LogP contribution is 2.20. The van der Waals surface area contributed by atoms with E-state index in [1.165, 1.54) is 21.2 Å². The normalized spacial score (nSPS) is 10.7. The largest absolute Gasteiger partial charge is 0.314 e. The van der Waals surface area contributed by atoms with Crippen LogP contribution >= 0.6 is 11.6 Å². The molecule has 6 heteroatoms. The monoisotopic (exact) mass is 381 g/mol. The average molecular weight is 382 g/mol. The minimum Gasteiger partial charge on any atom is -0.314 e. The summed E-state index contributed by atoms with van der Waals surface area (Å²) in [6.07, 6.45) is 0. The van der Waals surface area contributed by atoms with Crippen molar-refractivity contribution in [2.75, 3.05) is 11.9 Å². The minimum absolute atomic E-state index is 0.152. The zero-order valence-electron chi connectivity index (χ0n) is 15.4. The van der Waals surface area contributed by atoms with Crippen LogP contribution in [0.5, 0.6) is 0 Å². The van der Waals surface area contributed by atoms with Crippen LogP contribution in [0, 0.1) is 13.8 Å². The van der Waals surface area contributed by atoms with E-state index in [9.17, 15) is 9.59 Å². The number of carbonyl (C=O) groups is 1. The SMILES string of the molecule is Cc1ccc(-c2ccc(=O)n(CC(=O)N(C)c3cccc(Cl)c3)n2)cc1C. The Bertz CT molecular complexity index is 1060. The molecule has 0 aliphatic rings. The summed E-state index contributed by atoms with van der Waals surface area (Å²) in [6.45, 7) is 3.91. The summed E-state index contributed by atoms with van der Waals surface area (Å²) in [4.78, 5) is 26.2. The number of rotatable bonds is 4. The molecule has 3 aromatic rings. The highest BCUT2D eigenvalue weighted by atomic mass is 35.5. The van der Waals surface area contributed by atoms with Gasteiger partial charge in [0.25, 0.3) is 5.56 Å². The molecule has 27 heavy (non-hydrogen) atoms. The number of nitrogens with zero attached hydrogens (tertiary/aromatic N) is 3. The number of aryl methyl sites for hydroxylation is 2. The van der Waals surface area contributed by atoms with Gasteiger partial charge in [0.05, 0.1) is 5.69 Å². The second kappa shape index (κ2) is 7.76. The fourth-order valence-electron chi connectivity index (χ4n) is 2.68. The number of likely N-dealkylation sites (N-methyl/N-ethyl adjacent to an activating group) is 1. The first-order chi connectivity index (χ1) is 12.8. The summed E-state index contributed by atoms with van der Waals surface area (Å²) in [5.41, 5.74) is 4.22. The summed E-state index contributed by atoms with van der Waals surface area (Å²) in [6, 6.07) is 16.1. The van der Waals surface area contributed by atoms with E-state index in [0.29, 0.717) is 16.4 Å². The predicted molar refractivity (Wildman–Crippen MR) is 108 cm³/mol. The fourth-order valence-corrected chi connectivity index (χ4v) is 2.86. The van der Waals surface area contributed by atoms with Crippen LogP contribution in [-0.2, 0) is 11.3 Å². The van der Waals surface area contributed by atoms with E-state index in [4.69, 9.17) is 11.6 Å². The molecule has 138 valence electrons. The molecular formula is C21H20ClN3O2. The van der Waals surface area contributed by atoms with Crippen molar-refractivity contribution in [3.05, 3.63) is 81.1 Å². The van der Waals surface area contributed by atoms with Gasteiger partial charge >= 0.3 is 0 Å². The van der Waals surface area contributed by atoms with Gasteiger partial charge in [0.1, 0.15) is 6.54 Å². The second-order valence-corrected chi connectivity index (χ2v) is 6.88. The molecule has 2 aromatic carbocycles. The van der Waals surface area contributed by atoms with E-state index in [1.54, 1.807) is 37.4 Å². The molecule has 1 heterocycles. The Hall–Kier alpha value is -2.92. The molecule has 0 saturated heterocycles. The van der Waals surface area contributed by atoms with Crippen molar-refractivity contribution in [1.29, 1.82) is 0 Å². The van der Waals surface area contributed by atoms with Gasteiger partial charge in [0, 0.05) is 29.4 Å². The first kappa shape index (κ1) is 18.9. The van der Waals surface area contributed by atoms with Gasteiger partial charge in [-0.1, -0.05) is 29.8 Å². The molecule has 5 nitrogen and oxygen atoms in total. The van der Waals surface area contributed by atoms with Gasteiger partial charge in [0.2, 0.25) is 5.91 Å².